The monoisotopic (exact) mass is 823 g/mol. The van der Waals surface area contributed by atoms with E-state index in [1.807, 2.05) is 47.0 Å². The number of nitrogens with one attached hydrogen (secondary N) is 2. The highest BCUT2D eigenvalue weighted by Gasteiger charge is 2.31. The largest absolute Gasteiger partial charge is 0.484 e. The summed E-state index contributed by atoms with van der Waals surface area (Å²) < 4.78 is 31.1. The van der Waals surface area contributed by atoms with Gasteiger partial charge in [-0.3, -0.25) is 14.5 Å². The van der Waals surface area contributed by atoms with E-state index in [0.717, 1.165) is 86.0 Å². The van der Waals surface area contributed by atoms with Crippen LogP contribution in [0.25, 0.3) is 11.3 Å². The van der Waals surface area contributed by atoms with Gasteiger partial charge in [0, 0.05) is 50.8 Å². The summed E-state index contributed by atoms with van der Waals surface area (Å²) in [6.07, 6.45) is 9.59. The molecular formula is C45H58FN9O5. The molecule has 2 aromatic carbocycles. The van der Waals surface area contributed by atoms with Crippen LogP contribution in [0.5, 0.6) is 5.75 Å². The van der Waals surface area contributed by atoms with Crippen LogP contribution in [-0.4, -0.2) is 92.3 Å². The number of carbonyl (C=O) groups excluding carboxylic acids is 1. The Labute approximate surface area is 351 Å². The van der Waals surface area contributed by atoms with E-state index in [9.17, 15) is 4.79 Å². The van der Waals surface area contributed by atoms with Gasteiger partial charge in [0.1, 0.15) is 23.5 Å². The number of benzene rings is 2. The molecule has 0 radical (unpaired) electrons. The molecule has 60 heavy (non-hydrogen) atoms. The van der Waals surface area contributed by atoms with Crippen LogP contribution >= 0.6 is 0 Å². The lowest BCUT2D eigenvalue weighted by atomic mass is 9.85. The normalized spacial score (nSPS) is 19.9. The Hall–Kier alpha value is -5.54. The van der Waals surface area contributed by atoms with E-state index in [2.05, 4.69) is 70.5 Å². The molecule has 3 aliphatic rings. The van der Waals surface area contributed by atoms with Crippen molar-refractivity contribution in [1.29, 1.82) is 0 Å². The molecule has 0 spiro atoms. The number of carboxylic acid groups (broad SMARTS) is 1. The lowest BCUT2D eigenvalue weighted by Crippen LogP contribution is -2.38. The minimum absolute atomic E-state index is 0.186. The second kappa shape index (κ2) is 18.8. The molecule has 5 aromatic rings. The predicted octanol–water partition coefficient (Wildman–Crippen LogP) is 7.86. The van der Waals surface area contributed by atoms with Crippen LogP contribution in [0, 0.1) is 5.82 Å². The number of aromatic nitrogens is 5. The Bertz CT molecular complexity index is 2250. The topological polar surface area (TPSA) is 151 Å². The molecule has 5 heterocycles. The van der Waals surface area contributed by atoms with Gasteiger partial charge < -0.3 is 29.7 Å². The summed E-state index contributed by atoms with van der Waals surface area (Å²) in [5, 5.41) is 27.1. The summed E-state index contributed by atoms with van der Waals surface area (Å²) in [4.78, 5) is 26.9. The highest BCUT2D eigenvalue weighted by atomic mass is 19.1. The number of likely N-dealkylation sites (tertiary alicyclic amines) is 1. The molecule has 2 saturated heterocycles. The van der Waals surface area contributed by atoms with Crippen LogP contribution in [0.3, 0.4) is 0 Å². The van der Waals surface area contributed by atoms with E-state index in [0.29, 0.717) is 48.5 Å². The van der Waals surface area contributed by atoms with Gasteiger partial charge >= 0.3 is 6.03 Å². The Kier molecular flexibility index (Phi) is 13.3. The molecule has 8 rings (SSSR count). The van der Waals surface area contributed by atoms with E-state index < -0.39 is 0 Å². The van der Waals surface area contributed by atoms with Crippen LogP contribution in [0.15, 0.2) is 66.9 Å². The first-order valence-electron chi connectivity index (χ1n) is 21.1. The summed E-state index contributed by atoms with van der Waals surface area (Å²) in [5.74, 6) is 1.88. The second-order valence-corrected chi connectivity index (χ2v) is 17.1. The number of hydrogen-bond donors (Lipinski definition) is 3. The smallest absolute Gasteiger partial charge is 0.320 e. The quantitative estimate of drug-likeness (QED) is 0.119. The van der Waals surface area contributed by atoms with E-state index in [-0.39, 0.29) is 35.9 Å². The minimum Gasteiger partial charge on any atom is -0.484 e. The maximum atomic E-state index is 15.2. The van der Waals surface area contributed by atoms with Gasteiger partial charge in [0.05, 0.1) is 29.7 Å². The maximum absolute atomic E-state index is 15.2. The van der Waals surface area contributed by atoms with E-state index in [1.54, 1.807) is 17.9 Å². The van der Waals surface area contributed by atoms with Gasteiger partial charge in [0.25, 0.3) is 6.47 Å². The second-order valence-electron chi connectivity index (χ2n) is 17.1. The van der Waals surface area contributed by atoms with Crippen molar-refractivity contribution < 1.29 is 28.6 Å². The van der Waals surface area contributed by atoms with Crippen molar-refractivity contribution >= 4 is 29.9 Å². The Morgan fingerprint density at radius 3 is 2.47 bits per heavy atom. The number of carbonyl (C=O) groups is 2. The minimum atomic E-state index is -0.338. The standard InChI is InChI=1S/C44H56FN9O3.CH2O2/c1-29-10-8-9-22-52(29)43-49-48-40-18-14-33(28-53(40)43)57-38-17-16-37(34-11-6-7-12-35(34)38)46-42(55)47-41-27-39(44(2,3)4)50-54(41)31-13-15-36(45)30(26-31)19-23-51-24-20-32(56-5)21-25-51;2-1-3/h6-7,11-15,18,26-29,32,37-38H,8-10,16-17,19-25H2,1-5H3,(H2,46,47,55);1H,(H,2,3)/t29?,37-,38+;/m0./s1. The number of ether oxygens (including phenoxy) is 2. The molecule has 320 valence electrons. The van der Waals surface area contributed by atoms with Crippen molar-refractivity contribution in [3.8, 4) is 11.4 Å². The van der Waals surface area contributed by atoms with Crippen LogP contribution in [0.4, 0.5) is 21.0 Å². The predicted molar refractivity (Wildman–Crippen MR) is 229 cm³/mol. The Morgan fingerprint density at radius 1 is 0.967 bits per heavy atom. The molecule has 0 saturated carbocycles. The molecule has 2 fully saturated rings. The number of urea groups is 1. The van der Waals surface area contributed by atoms with Gasteiger partial charge in [0.15, 0.2) is 5.65 Å². The molecule has 2 amide bonds. The number of rotatable bonds is 10. The number of anilines is 2. The fourth-order valence-electron chi connectivity index (χ4n) is 8.58. The third kappa shape index (κ3) is 9.73. The van der Waals surface area contributed by atoms with Gasteiger partial charge in [0.2, 0.25) is 5.95 Å². The van der Waals surface area contributed by atoms with Crippen LogP contribution in [0.1, 0.15) is 107 Å². The van der Waals surface area contributed by atoms with Gasteiger partial charge in [-0.05, 0) is 105 Å². The number of piperidine rings is 2. The molecule has 14 nitrogen and oxygen atoms in total. The van der Waals surface area contributed by atoms with E-state index in [4.69, 9.17) is 24.5 Å². The summed E-state index contributed by atoms with van der Waals surface area (Å²) in [6, 6.07) is 18.9. The first kappa shape index (κ1) is 42.6. The van der Waals surface area contributed by atoms with Gasteiger partial charge in [-0.25, -0.2) is 13.9 Å². The number of halogens is 1. The Morgan fingerprint density at radius 2 is 1.73 bits per heavy atom. The maximum Gasteiger partial charge on any atom is 0.320 e. The van der Waals surface area contributed by atoms with Gasteiger partial charge in [-0.15, -0.1) is 10.2 Å². The molecule has 15 heteroatoms. The fourth-order valence-corrected chi connectivity index (χ4v) is 8.58. The molecule has 3 aromatic heterocycles. The average Bonchev–Trinajstić information content (AvgIpc) is 3.87. The summed E-state index contributed by atoms with van der Waals surface area (Å²) >= 11 is 0. The lowest BCUT2D eigenvalue weighted by molar-refractivity contribution is -0.122. The number of amides is 2. The third-order valence-corrected chi connectivity index (χ3v) is 12.0. The molecule has 3 N–H and O–H groups in total. The van der Waals surface area contributed by atoms with Crippen molar-refractivity contribution in [3.05, 3.63) is 95.1 Å². The molecule has 2 aliphatic heterocycles. The molecule has 1 unspecified atom stereocenters. The fraction of sp³-hybridized carbons (Fsp3) is 0.489. The average molecular weight is 824 g/mol. The molecule has 0 bridgehead atoms. The highest BCUT2D eigenvalue weighted by molar-refractivity contribution is 5.89. The van der Waals surface area contributed by atoms with Crippen molar-refractivity contribution in [2.24, 2.45) is 0 Å². The zero-order valence-electron chi connectivity index (χ0n) is 35.3. The zero-order chi connectivity index (χ0) is 42.4. The molecule has 1 aliphatic carbocycles. The van der Waals surface area contributed by atoms with Gasteiger partial charge in [-0.2, -0.15) is 5.10 Å². The Balaban J connectivity index is 0.00000176. The number of fused-ring (bicyclic) bond motifs is 2. The first-order chi connectivity index (χ1) is 28.9. The van der Waals surface area contributed by atoms with Crippen LogP contribution in [-0.2, 0) is 21.4 Å². The van der Waals surface area contributed by atoms with Crippen molar-refractivity contribution in [2.75, 3.05) is 43.5 Å². The third-order valence-electron chi connectivity index (χ3n) is 12.0. The van der Waals surface area contributed by atoms with E-state index >= 15 is 4.39 Å². The van der Waals surface area contributed by atoms with Gasteiger partial charge in [-0.1, -0.05) is 45.0 Å². The molecular weight excluding hydrogens is 766 g/mol. The SMILES string of the molecule is COC1CCN(CCc2cc(-n3nc(C(C)(C)C)cc3NC(=O)N[C@H]3CC[C@@H](Oc4ccc5nnc(N6CCCCC6C)n5c4)c4ccccc43)ccc2F)CC1.O=CO. The van der Waals surface area contributed by atoms with E-state index in [1.165, 1.54) is 12.5 Å². The number of nitrogens with zero attached hydrogens (tertiary/aromatic N) is 7. The van der Waals surface area contributed by atoms with Crippen molar-refractivity contribution in [1.82, 2.24) is 34.6 Å². The van der Waals surface area contributed by atoms with Crippen LogP contribution < -0.4 is 20.3 Å². The number of methoxy groups -OCH3 is 1. The number of hydrogen-bond acceptors (Lipinski definition) is 9. The lowest BCUT2D eigenvalue weighted by Gasteiger charge is -2.33. The molecule has 3 atom stereocenters. The highest BCUT2D eigenvalue weighted by Crippen LogP contribution is 2.39. The summed E-state index contributed by atoms with van der Waals surface area (Å²) in [7, 11) is 1.77. The van der Waals surface area contributed by atoms with Crippen LogP contribution in [0.2, 0.25) is 0 Å². The van der Waals surface area contributed by atoms with Crippen molar-refractivity contribution in [2.45, 2.75) is 109 Å². The zero-order valence-corrected chi connectivity index (χ0v) is 35.3. The van der Waals surface area contributed by atoms with Crippen molar-refractivity contribution in [3.63, 3.8) is 0 Å². The summed E-state index contributed by atoms with van der Waals surface area (Å²) in [5.41, 5.74) is 4.72. The first-order valence-corrected chi connectivity index (χ1v) is 21.1. The summed E-state index contributed by atoms with van der Waals surface area (Å²) in [6.45, 7) is 11.9. The number of pyridine rings is 1.